The number of piperidine rings is 1. The lowest BCUT2D eigenvalue weighted by atomic mass is 10.00. The first-order valence-electron chi connectivity index (χ1n) is 10.3. The molecule has 1 aliphatic rings. The molecule has 4 aromatic rings. The molecule has 0 saturated carbocycles. The summed E-state index contributed by atoms with van der Waals surface area (Å²) in [5.41, 5.74) is 15.3. The number of pyridine rings is 1. The van der Waals surface area contributed by atoms with Gasteiger partial charge in [-0.25, -0.2) is 4.98 Å². The minimum Gasteiger partial charge on any atom is -0.496 e. The van der Waals surface area contributed by atoms with Crippen LogP contribution in [0.1, 0.15) is 18.4 Å². The third kappa shape index (κ3) is 4.06. The lowest BCUT2D eigenvalue weighted by Crippen LogP contribution is -2.39. The summed E-state index contributed by atoms with van der Waals surface area (Å²) in [5, 5.41) is 2.87. The highest BCUT2D eigenvalue weighted by Gasteiger charge is 2.19. The van der Waals surface area contributed by atoms with E-state index in [0.29, 0.717) is 11.9 Å². The Morgan fingerprint density at radius 3 is 2.68 bits per heavy atom. The smallest absolute Gasteiger partial charge is 0.137 e. The van der Waals surface area contributed by atoms with Crippen molar-refractivity contribution in [1.29, 1.82) is 0 Å². The van der Waals surface area contributed by atoms with E-state index in [1.54, 1.807) is 13.3 Å². The summed E-state index contributed by atoms with van der Waals surface area (Å²) in [4.78, 5) is 6.87. The third-order valence-electron chi connectivity index (χ3n) is 5.99. The van der Waals surface area contributed by atoms with Gasteiger partial charge in [-0.15, -0.1) is 12.4 Å². The summed E-state index contributed by atoms with van der Waals surface area (Å²) >= 11 is 0. The first-order valence-corrected chi connectivity index (χ1v) is 10.3. The Morgan fingerprint density at radius 1 is 1.16 bits per heavy atom. The molecule has 1 aliphatic heterocycles. The van der Waals surface area contributed by atoms with Crippen LogP contribution in [-0.4, -0.2) is 36.1 Å². The number of fused-ring (bicyclic) bond motifs is 2. The molecule has 1 fully saturated rings. The Hall–Kier alpha value is -2.80. The van der Waals surface area contributed by atoms with E-state index in [0.717, 1.165) is 71.3 Å². The maximum Gasteiger partial charge on any atom is 0.137 e. The zero-order valence-corrected chi connectivity index (χ0v) is 18.3. The molecule has 0 radical (unpaired) electrons. The number of furan rings is 1. The lowest BCUT2D eigenvalue weighted by Gasteiger charge is -2.30. The molecule has 7 heteroatoms. The van der Waals surface area contributed by atoms with Gasteiger partial charge in [-0.2, -0.15) is 0 Å². The number of methoxy groups -OCH3 is 1. The summed E-state index contributed by atoms with van der Waals surface area (Å²) in [6, 6.07) is 14.6. The summed E-state index contributed by atoms with van der Waals surface area (Å²) in [5.74, 6) is 1.97. The second-order valence-electron chi connectivity index (χ2n) is 8.04. The molecule has 5 rings (SSSR count). The van der Waals surface area contributed by atoms with Crippen LogP contribution in [0.25, 0.3) is 33.1 Å². The van der Waals surface area contributed by atoms with Crippen LogP contribution in [0.5, 0.6) is 5.75 Å². The van der Waals surface area contributed by atoms with Crippen LogP contribution in [0.15, 0.2) is 53.1 Å². The molecule has 3 heterocycles. The van der Waals surface area contributed by atoms with Crippen LogP contribution < -0.4 is 16.2 Å². The molecule has 162 valence electrons. The van der Waals surface area contributed by atoms with Crippen LogP contribution in [0, 0.1) is 0 Å². The molecule has 31 heavy (non-hydrogen) atoms. The Labute approximate surface area is 187 Å². The Balaban J connectivity index is 0.00000231. The number of halogens is 1. The topological polar surface area (TPSA) is 90.5 Å². The van der Waals surface area contributed by atoms with Crippen molar-refractivity contribution in [2.45, 2.75) is 25.4 Å². The summed E-state index contributed by atoms with van der Waals surface area (Å²) in [6.45, 7) is 2.87. The molecule has 4 N–H and O–H groups in total. The number of likely N-dealkylation sites (tertiary alicyclic amines) is 1. The standard InChI is InChI=1S/C24H26N4O2.ClH/c1-29-22-11-15(14-28-8-6-17(25)7-9-28)10-18-19(13-27-24(26)23(18)22)21-12-16-4-2-3-5-20(16)30-21;/h2-5,10-13,17H,6-9,14,25H2,1H3,(H2,26,27);1H. The fraction of sp³-hybridized carbons (Fsp3) is 0.292. The van der Waals surface area contributed by atoms with Crippen LogP contribution in [0.4, 0.5) is 5.82 Å². The average Bonchev–Trinajstić information content (AvgIpc) is 3.19. The van der Waals surface area contributed by atoms with Gasteiger partial charge in [0, 0.05) is 35.1 Å². The number of para-hydroxylation sites is 1. The molecular weight excluding hydrogens is 412 g/mol. The molecule has 2 aromatic carbocycles. The normalized spacial score (nSPS) is 15.3. The minimum absolute atomic E-state index is 0. The largest absolute Gasteiger partial charge is 0.496 e. The number of nitrogens with zero attached hydrogens (tertiary/aromatic N) is 2. The molecule has 0 bridgehead atoms. The first kappa shape index (κ1) is 21.4. The van der Waals surface area contributed by atoms with E-state index in [9.17, 15) is 0 Å². The highest BCUT2D eigenvalue weighted by Crippen LogP contribution is 2.39. The number of ether oxygens (including phenoxy) is 1. The zero-order valence-electron chi connectivity index (χ0n) is 17.5. The fourth-order valence-electron chi connectivity index (χ4n) is 4.35. The Bertz CT molecular complexity index is 1180. The van der Waals surface area contributed by atoms with E-state index in [2.05, 4.69) is 22.0 Å². The number of nitrogens with two attached hydrogens (primary N) is 2. The maximum atomic E-state index is 6.26. The lowest BCUT2D eigenvalue weighted by molar-refractivity contribution is 0.205. The highest BCUT2D eigenvalue weighted by atomic mass is 35.5. The minimum atomic E-state index is 0. The SMILES string of the molecule is COc1cc(CN2CCC(N)CC2)cc2c(-c3cc4ccccc4o3)cnc(N)c12.Cl. The first-order chi connectivity index (χ1) is 14.6. The highest BCUT2D eigenvalue weighted by molar-refractivity contribution is 6.05. The molecule has 0 aliphatic carbocycles. The summed E-state index contributed by atoms with van der Waals surface area (Å²) < 4.78 is 11.8. The van der Waals surface area contributed by atoms with E-state index >= 15 is 0 Å². The van der Waals surface area contributed by atoms with Crippen molar-refractivity contribution < 1.29 is 9.15 Å². The van der Waals surface area contributed by atoms with Gasteiger partial charge in [0.15, 0.2) is 0 Å². The maximum absolute atomic E-state index is 6.26. The third-order valence-corrected chi connectivity index (χ3v) is 5.99. The molecule has 1 saturated heterocycles. The van der Waals surface area contributed by atoms with Gasteiger partial charge in [-0.1, -0.05) is 18.2 Å². The Morgan fingerprint density at radius 2 is 1.94 bits per heavy atom. The Kier molecular flexibility index (Phi) is 6.05. The van der Waals surface area contributed by atoms with Gasteiger partial charge in [0.25, 0.3) is 0 Å². The van der Waals surface area contributed by atoms with Crippen molar-refractivity contribution >= 4 is 40.0 Å². The van der Waals surface area contributed by atoms with E-state index in [-0.39, 0.29) is 12.4 Å². The second kappa shape index (κ2) is 8.75. The van der Waals surface area contributed by atoms with Crippen LogP contribution in [-0.2, 0) is 6.54 Å². The zero-order chi connectivity index (χ0) is 20.7. The number of nitrogen functional groups attached to an aromatic ring is 1. The molecule has 2 aromatic heterocycles. The number of hydrogen-bond donors (Lipinski definition) is 2. The van der Waals surface area contributed by atoms with E-state index < -0.39 is 0 Å². The number of hydrogen-bond acceptors (Lipinski definition) is 6. The molecular formula is C24H27ClN4O2. The van der Waals surface area contributed by atoms with Crippen LogP contribution in [0.3, 0.4) is 0 Å². The van der Waals surface area contributed by atoms with Crippen molar-refractivity contribution in [3.63, 3.8) is 0 Å². The number of rotatable bonds is 4. The van der Waals surface area contributed by atoms with Gasteiger partial charge in [0.05, 0.1) is 12.5 Å². The van der Waals surface area contributed by atoms with Gasteiger partial charge in [0.2, 0.25) is 0 Å². The quantitative estimate of drug-likeness (QED) is 0.484. The molecule has 0 unspecified atom stereocenters. The van der Waals surface area contributed by atoms with E-state index in [1.807, 2.05) is 30.3 Å². The van der Waals surface area contributed by atoms with E-state index in [4.69, 9.17) is 20.6 Å². The van der Waals surface area contributed by atoms with Crippen molar-refractivity contribution in [1.82, 2.24) is 9.88 Å². The van der Waals surface area contributed by atoms with E-state index in [1.165, 1.54) is 5.56 Å². The van der Waals surface area contributed by atoms with Gasteiger partial charge in [-0.05, 0) is 55.8 Å². The fourth-order valence-corrected chi connectivity index (χ4v) is 4.35. The average molecular weight is 439 g/mol. The van der Waals surface area contributed by atoms with Gasteiger partial charge in [-0.3, -0.25) is 4.90 Å². The van der Waals surface area contributed by atoms with Crippen LogP contribution >= 0.6 is 12.4 Å². The molecule has 0 spiro atoms. The van der Waals surface area contributed by atoms with Crippen molar-refractivity contribution in [2.24, 2.45) is 5.73 Å². The van der Waals surface area contributed by atoms with Crippen molar-refractivity contribution in [2.75, 3.05) is 25.9 Å². The van der Waals surface area contributed by atoms with Gasteiger partial charge >= 0.3 is 0 Å². The van der Waals surface area contributed by atoms with Crippen molar-refractivity contribution in [3.05, 3.63) is 54.2 Å². The summed E-state index contributed by atoms with van der Waals surface area (Å²) in [6.07, 6.45) is 3.86. The molecule has 6 nitrogen and oxygen atoms in total. The van der Waals surface area contributed by atoms with Gasteiger partial charge in [0.1, 0.15) is 22.9 Å². The summed E-state index contributed by atoms with van der Waals surface area (Å²) in [7, 11) is 1.67. The number of aromatic nitrogens is 1. The predicted octanol–water partition coefficient (Wildman–Crippen LogP) is 4.58. The monoisotopic (exact) mass is 438 g/mol. The molecule has 0 amide bonds. The molecule has 0 atom stereocenters. The number of benzene rings is 2. The number of anilines is 1. The predicted molar refractivity (Wildman–Crippen MR) is 128 cm³/mol. The van der Waals surface area contributed by atoms with Gasteiger partial charge < -0.3 is 20.6 Å². The van der Waals surface area contributed by atoms with Crippen LogP contribution in [0.2, 0.25) is 0 Å². The van der Waals surface area contributed by atoms with Crippen molar-refractivity contribution in [3.8, 4) is 17.1 Å². The second-order valence-corrected chi connectivity index (χ2v) is 8.04.